The van der Waals surface area contributed by atoms with Crippen LogP contribution in [0.15, 0.2) is 48.5 Å². The van der Waals surface area contributed by atoms with Crippen molar-refractivity contribution < 1.29 is 23.8 Å². The smallest absolute Gasteiger partial charge is 0.409 e. The largest absolute Gasteiger partial charge is 0.491 e. The highest BCUT2D eigenvalue weighted by Crippen LogP contribution is 2.28. The first-order valence-electron chi connectivity index (χ1n) is 11.8. The van der Waals surface area contributed by atoms with Crippen LogP contribution in [-0.4, -0.2) is 79.7 Å². The van der Waals surface area contributed by atoms with E-state index < -0.39 is 6.10 Å². The van der Waals surface area contributed by atoms with E-state index >= 15 is 0 Å². The molecule has 1 fully saturated rings. The van der Waals surface area contributed by atoms with Crippen molar-refractivity contribution in [2.75, 3.05) is 53.0 Å². The Labute approximate surface area is 201 Å². The van der Waals surface area contributed by atoms with Crippen molar-refractivity contribution in [2.24, 2.45) is 0 Å². The summed E-state index contributed by atoms with van der Waals surface area (Å²) in [5.41, 5.74) is 3.00. The number of rotatable bonds is 6. The molecule has 0 N–H and O–H groups in total. The van der Waals surface area contributed by atoms with E-state index in [1.165, 1.54) is 0 Å². The van der Waals surface area contributed by atoms with Crippen molar-refractivity contribution in [1.29, 1.82) is 0 Å². The van der Waals surface area contributed by atoms with E-state index in [1.807, 2.05) is 48.2 Å². The fourth-order valence-corrected chi connectivity index (χ4v) is 4.47. The van der Waals surface area contributed by atoms with Gasteiger partial charge in [-0.1, -0.05) is 36.4 Å². The zero-order valence-corrected chi connectivity index (χ0v) is 19.9. The topological polar surface area (TPSA) is 71.6 Å². The minimum Gasteiger partial charge on any atom is -0.491 e. The lowest BCUT2D eigenvalue weighted by Gasteiger charge is -2.34. The highest BCUT2D eigenvalue weighted by molar-refractivity contribution is 5.82. The third-order valence-corrected chi connectivity index (χ3v) is 6.28. The van der Waals surface area contributed by atoms with Gasteiger partial charge in [0, 0.05) is 51.9 Å². The highest BCUT2D eigenvalue weighted by Gasteiger charge is 2.28. The lowest BCUT2D eigenvalue weighted by atomic mass is 10.1. The number of carbonyl (C=O) groups is 2. The summed E-state index contributed by atoms with van der Waals surface area (Å²) in [7, 11) is 1.57. The Morgan fingerprint density at radius 2 is 1.76 bits per heavy atom. The highest BCUT2D eigenvalue weighted by atomic mass is 16.6. The average molecular weight is 468 g/mol. The molecular weight excluding hydrogens is 434 g/mol. The SMILES string of the molecule is CCOC(=O)N1CCN(Cc2ccc3c(c2)CN(C(=O)C(OC)c2ccccc2)CCO3)CC1. The first kappa shape index (κ1) is 24.0. The van der Waals surface area contributed by atoms with Crippen LogP contribution in [0.2, 0.25) is 0 Å². The number of ether oxygens (including phenoxy) is 3. The molecule has 34 heavy (non-hydrogen) atoms. The Morgan fingerprint density at radius 3 is 2.47 bits per heavy atom. The van der Waals surface area contributed by atoms with Crippen molar-refractivity contribution in [2.45, 2.75) is 26.1 Å². The number of hydrogen-bond donors (Lipinski definition) is 0. The van der Waals surface area contributed by atoms with Gasteiger partial charge < -0.3 is 24.0 Å². The van der Waals surface area contributed by atoms with Gasteiger partial charge in [-0.3, -0.25) is 9.69 Å². The molecule has 1 saturated heterocycles. The van der Waals surface area contributed by atoms with Crippen LogP contribution in [0, 0.1) is 0 Å². The molecule has 8 heteroatoms. The van der Waals surface area contributed by atoms with Crippen LogP contribution >= 0.6 is 0 Å². The number of nitrogens with zero attached hydrogens (tertiary/aromatic N) is 3. The molecule has 4 rings (SSSR count). The van der Waals surface area contributed by atoms with E-state index in [0.717, 1.165) is 42.1 Å². The summed E-state index contributed by atoms with van der Waals surface area (Å²) in [6.45, 7) is 7.33. The van der Waals surface area contributed by atoms with E-state index in [4.69, 9.17) is 14.2 Å². The second-order valence-corrected chi connectivity index (χ2v) is 8.54. The molecular formula is C26H33N3O5. The Kier molecular flexibility index (Phi) is 8.03. The van der Waals surface area contributed by atoms with Gasteiger partial charge in [-0.15, -0.1) is 0 Å². The summed E-state index contributed by atoms with van der Waals surface area (Å²) in [6, 6.07) is 15.8. The second-order valence-electron chi connectivity index (χ2n) is 8.54. The quantitative estimate of drug-likeness (QED) is 0.650. The molecule has 2 amide bonds. The standard InChI is InChI=1S/C26H33N3O5/c1-3-33-26(31)28-13-11-27(12-14-28)18-20-9-10-23-22(17-20)19-29(15-16-34-23)25(30)24(32-2)21-7-5-4-6-8-21/h4-10,17,24H,3,11-16,18-19H2,1-2H3. The van der Waals surface area contributed by atoms with Crippen molar-refractivity contribution in [3.63, 3.8) is 0 Å². The molecule has 0 spiro atoms. The maximum Gasteiger partial charge on any atom is 0.409 e. The summed E-state index contributed by atoms with van der Waals surface area (Å²) < 4.78 is 16.6. The van der Waals surface area contributed by atoms with Crippen LogP contribution in [0.5, 0.6) is 5.75 Å². The molecule has 0 bridgehead atoms. The third-order valence-electron chi connectivity index (χ3n) is 6.28. The lowest BCUT2D eigenvalue weighted by molar-refractivity contribution is -0.143. The number of piperazine rings is 1. The van der Waals surface area contributed by atoms with Gasteiger partial charge in [-0.25, -0.2) is 4.79 Å². The van der Waals surface area contributed by atoms with Gasteiger partial charge >= 0.3 is 6.09 Å². The van der Waals surface area contributed by atoms with E-state index in [2.05, 4.69) is 17.0 Å². The van der Waals surface area contributed by atoms with Crippen LogP contribution in [-0.2, 0) is 27.4 Å². The van der Waals surface area contributed by atoms with Gasteiger partial charge in [0.1, 0.15) is 12.4 Å². The van der Waals surface area contributed by atoms with E-state index in [0.29, 0.717) is 39.4 Å². The van der Waals surface area contributed by atoms with E-state index in [1.54, 1.807) is 12.0 Å². The van der Waals surface area contributed by atoms with Crippen LogP contribution in [0.25, 0.3) is 0 Å². The van der Waals surface area contributed by atoms with Gasteiger partial charge in [-0.2, -0.15) is 0 Å². The van der Waals surface area contributed by atoms with Crippen LogP contribution in [0.3, 0.4) is 0 Å². The Hall–Kier alpha value is -3.10. The third kappa shape index (κ3) is 5.69. The molecule has 0 aromatic heterocycles. The molecule has 0 aliphatic carbocycles. The van der Waals surface area contributed by atoms with Gasteiger partial charge in [0.15, 0.2) is 6.10 Å². The number of fused-ring (bicyclic) bond motifs is 1. The van der Waals surface area contributed by atoms with Gasteiger partial charge in [-0.05, 0) is 30.2 Å². The summed E-state index contributed by atoms with van der Waals surface area (Å²) in [6.07, 6.45) is -0.874. The summed E-state index contributed by atoms with van der Waals surface area (Å²) >= 11 is 0. The maximum atomic E-state index is 13.3. The van der Waals surface area contributed by atoms with E-state index in [9.17, 15) is 9.59 Å². The molecule has 2 aliphatic rings. The minimum atomic E-state index is -0.637. The van der Waals surface area contributed by atoms with Gasteiger partial charge in [0.25, 0.3) is 5.91 Å². The Bertz CT molecular complexity index is 976. The van der Waals surface area contributed by atoms with Crippen molar-refractivity contribution in [3.8, 4) is 5.75 Å². The molecule has 0 saturated carbocycles. The first-order chi connectivity index (χ1) is 16.6. The molecule has 2 aromatic rings. The molecule has 182 valence electrons. The number of benzene rings is 2. The first-order valence-corrected chi connectivity index (χ1v) is 11.8. The molecule has 1 unspecified atom stereocenters. The monoisotopic (exact) mass is 467 g/mol. The fraction of sp³-hybridized carbons (Fsp3) is 0.462. The summed E-state index contributed by atoms with van der Waals surface area (Å²) in [5.74, 6) is 0.755. The molecule has 2 heterocycles. The molecule has 1 atom stereocenters. The lowest BCUT2D eigenvalue weighted by Crippen LogP contribution is -2.48. The maximum absolute atomic E-state index is 13.3. The Morgan fingerprint density at radius 1 is 1.00 bits per heavy atom. The zero-order chi connectivity index (χ0) is 23.9. The van der Waals surface area contributed by atoms with E-state index in [-0.39, 0.29) is 12.0 Å². The van der Waals surface area contributed by atoms with Crippen molar-refractivity contribution in [1.82, 2.24) is 14.7 Å². The van der Waals surface area contributed by atoms with Crippen molar-refractivity contribution in [3.05, 3.63) is 65.2 Å². The fourth-order valence-electron chi connectivity index (χ4n) is 4.47. The molecule has 8 nitrogen and oxygen atoms in total. The predicted octanol–water partition coefficient (Wildman–Crippen LogP) is 3.07. The number of carbonyl (C=O) groups excluding carboxylic acids is 2. The van der Waals surface area contributed by atoms with Gasteiger partial charge in [0.2, 0.25) is 0 Å². The summed E-state index contributed by atoms with van der Waals surface area (Å²) in [4.78, 5) is 31.2. The van der Waals surface area contributed by atoms with Gasteiger partial charge in [0.05, 0.1) is 13.2 Å². The van der Waals surface area contributed by atoms with Crippen LogP contribution in [0.1, 0.15) is 29.7 Å². The van der Waals surface area contributed by atoms with Crippen LogP contribution in [0.4, 0.5) is 4.79 Å². The molecule has 0 radical (unpaired) electrons. The average Bonchev–Trinajstić information content (AvgIpc) is 3.08. The van der Waals surface area contributed by atoms with Crippen LogP contribution < -0.4 is 4.74 Å². The zero-order valence-electron chi connectivity index (χ0n) is 19.9. The predicted molar refractivity (Wildman–Crippen MR) is 127 cm³/mol. The Balaban J connectivity index is 1.41. The molecule has 2 aliphatic heterocycles. The number of hydrogen-bond acceptors (Lipinski definition) is 6. The minimum absolute atomic E-state index is 0.0642. The normalized spacial score (nSPS) is 17.4. The van der Waals surface area contributed by atoms with Crippen molar-refractivity contribution >= 4 is 12.0 Å². The molecule has 2 aromatic carbocycles. The summed E-state index contributed by atoms with van der Waals surface area (Å²) in [5, 5.41) is 0. The number of amides is 2. The second kappa shape index (κ2) is 11.4. The number of methoxy groups -OCH3 is 1.